The summed E-state index contributed by atoms with van der Waals surface area (Å²) in [6, 6.07) is 9.24. The maximum absolute atomic E-state index is 12.1. The van der Waals surface area contributed by atoms with Crippen LogP contribution in [0.5, 0.6) is 11.6 Å². The summed E-state index contributed by atoms with van der Waals surface area (Å²) in [6.07, 6.45) is 1.60. The zero-order valence-electron chi connectivity index (χ0n) is 13.0. The van der Waals surface area contributed by atoms with Crippen molar-refractivity contribution in [2.45, 2.75) is 19.8 Å². The number of nitrogens with zero attached hydrogens (tertiary/aromatic N) is 2. The van der Waals surface area contributed by atoms with E-state index >= 15 is 0 Å². The monoisotopic (exact) mass is 344 g/mol. The zero-order chi connectivity index (χ0) is 17.1. The summed E-state index contributed by atoms with van der Waals surface area (Å²) in [5.74, 6) is -1.43. The van der Waals surface area contributed by atoms with Crippen molar-refractivity contribution in [3.63, 3.8) is 0 Å². The van der Waals surface area contributed by atoms with Crippen molar-refractivity contribution in [1.82, 2.24) is 9.36 Å². The summed E-state index contributed by atoms with van der Waals surface area (Å²) in [6.45, 7) is 2.22. The van der Waals surface area contributed by atoms with Crippen LogP contribution in [0.25, 0.3) is 21.3 Å². The third kappa shape index (κ3) is 2.90. The van der Waals surface area contributed by atoms with Gasteiger partial charge in [0.25, 0.3) is 0 Å². The number of benzene rings is 1. The van der Waals surface area contributed by atoms with E-state index in [-0.39, 0.29) is 23.9 Å². The number of pyridine rings is 1. The average Bonchev–Trinajstić information content (AvgIpc) is 3.05. The number of fused-ring (bicyclic) bond motifs is 1. The molecular weight excluding hydrogens is 328 g/mol. The van der Waals surface area contributed by atoms with Crippen LogP contribution in [0, 0.1) is 0 Å². The molecule has 3 aromatic rings. The Kier molecular flexibility index (Phi) is 4.61. The number of carbonyl (C=O) groups excluding carboxylic acids is 1. The number of aromatic nitrogens is 2. The van der Waals surface area contributed by atoms with E-state index in [1.807, 2.05) is 37.3 Å². The molecule has 7 heteroatoms. The lowest BCUT2D eigenvalue weighted by molar-refractivity contribution is 0.0488. The Bertz CT molecular complexity index is 877. The second-order valence-corrected chi connectivity index (χ2v) is 6.00. The zero-order valence-corrected chi connectivity index (χ0v) is 13.8. The number of aromatic hydroxyl groups is 2. The average molecular weight is 344 g/mol. The predicted molar refractivity (Wildman–Crippen MR) is 91.4 cm³/mol. The molecule has 0 saturated carbocycles. The molecule has 0 fully saturated rings. The minimum absolute atomic E-state index is 0.239. The minimum Gasteiger partial charge on any atom is -0.505 e. The topological polar surface area (TPSA) is 92.5 Å². The van der Waals surface area contributed by atoms with Crippen molar-refractivity contribution >= 4 is 27.6 Å². The molecule has 0 amide bonds. The number of carbonyl (C=O) groups is 1. The van der Waals surface area contributed by atoms with Crippen molar-refractivity contribution in [2.24, 2.45) is 0 Å². The van der Waals surface area contributed by atoms with E-state index < -0.39 is 5.97 Å². The fourth-order valence-electron chi connectivity index (χ4n) is 2.30. The van der Waals surface area contributed by atoms with Crippen LogP contribution in [0.1, 0.15) is 30.3 Å². The fraction of sp³-hybridized carbons (Fsp3) is 0.235. The van der Waals surface area contributed by atoms with E-state index in [1.54, 1.807) is 0 Å². The SMILES string of the molecule is CCCCOC(=O)c1nc(O)c2snc(-c3ccccc3)c2c1O. The Balaban J connectivity index is 2.10. The third-order valence-corrected chi connectivity index (χ3v) is 4.39. The standard InChI is InChI=1S/C17H16N2O4S/c1-2-3-9-23-17(22)13-14(20)11-12(10-7-5-4-6-8-10)19-24-15(11)16(21)18-13/h4-8,20H,2-3,9H2,1H3,(H,18,21). The second kappa shape index (κ2) is 6.84. The van der Waals surface area contributed by atoms with Gasteiger partial charge < -0.3 is 14.9 Å². The molecular formula is C17H16N2O4S. The molecule has 2 heterocycles. The molecule has 0 bridgehead atoms. The molecule has 0 spiro atoms. The normalized spacial score (nSPS) is 10.9. The van der Waals surface area contributed by atoms with Gasteiger partial charge in [0.15, 0.2) is 11.4 Å². The summed E-state index contributed by atoms with van der Waals surface area (Å²) in [7, 11) is 0. The second-order valence-electron chi connectivity index (χ2n) is 5.22. The highest BCUT2D eigenvalue weighted by atomic mass is 32.1. The Morgan fingerprint density at radius 2 is 2.00 bits per heavy atom. The molecule has 2 aromatic heterocycles. The van der Waals surface area contributed by atoms with Gasteiger partial charge >= 0.3 is 5.97 Å². The summed E-state index contributed by atoms with van der Waals surface area (Å²) < 4.78 is 9.71. The van der Waals surface area contributed by atoms with Gasteiger partial charge in [0.2, 0.25) is 5.88 Å². The van der Waals surface area contributed by atoms with Crippen LogP contribution in [0.3, 0.4) is 0 Å². The highest BCUT2D eigenvalue weighted by Gasteiger charge is 2.24. The number of esters is 1. The molecule has 24 heavy (non-hydrogen) atoms. The van der Waals surface area contributed by atoms with Gasteiger partial charge in [-0.05, 0) is 18.0 Å². The van der Waals surface area contributed by atoms with Crippen molar-refractivity contribution < 1.29 is 19.7 Å². The first-order valence-electron chi connectivity index (χ1n) is 7.57. The lowest BCUT2D eigenvalue weighted by Crippen LogP contribution is -2.09. The van der Waals surface area contributed by atoms with Crippen LogP contribution in [0.15, 0.2) is 30.3 Å². The quantitative estimate of drug-likeness (QED) is 0.541. The van der Waals surface area contributed by atoms with Gasteiger partial charge in [0.1, 0.15) is 4.70 Å². The highest BCUT2D eigenvalue weighted by molar-refractivity contribution is 7.14. The molecule has 124 valence electrons. The van der Waals surface area contributed by atoms with E-state index in [1.165, 1.54) is 0 Å². The van der Waals surface area contributed by atoms with Crippen molar-refractivity contribution in [3.05, 3.63) is 36.0 Å². The first-order chi connectivity index (χ1) is 11.6. The van der Waals surface area contributed by atoms with E-state index in [4.69, 9.17) is 4.74 Å². The van der Waals surface area contributed by atoms with Crippen LogP contribution >= 0.6 is 11.5 Å². The van der Waals surface area contributed by atoms with Gasteiger partial charge in [-0.2, -0.15) is 4.37 Å². The molecule has 0 atom stereocenters. The van der Waals surface area contributed by atoms with Gasteiger partial charge in [-0.15, -0.1) is 0 Å². The maximum atomic E-state index is 12.1. The first-order valence-corrected chi connectivity index (χ1v) is 8.34. The Morgan fingerprint density at radius 1 is 1.25 bits per heavy atom. The van der Waals surface area contributed by atoms with E-state index in [0.717, 1.165) is 29.9 Å². The summed E-state index contributed by atoms with van der Waals surface area (Å²) >= 11 is 1.02. The van der Waals surface area contributed by atoms with Gasteiger partial charge in [-0.1, -0.05) is 43.7 Å². The van der Waals surface area contributed by atoms with Crippen LogP contribution in [0.4, 0.5) is 0 Å². The Labute approximate surface area is 142 Å². The molecule has 6 nitrogen and oxygen atoms in total. The third-order valence-electron chi connectivity index (χ3n) is 3.55. The van der Waals surface area contributed by atoms with Gasteiger partial charge in [0.05, 0.1) is 17.7 Å². The van der Waals surface area contributed by atoms with Crippen molar-refractivity contribution in [3.8, 4) is 22.9 Å². The summed E-state index contributed by atoms with van der Waals surface area (Å²) in [5.41, 5.74) is 0.969. The molecule has 0 saturated heterocycles. The molecule has 3 rings (SSSR count). The fourth-order valence-corrected chi connectivity index (χ4v) is 3.09. The lowest BCUT2D eigenvalue weighted by atomic mass is 10.1. The first kappa shape index (κ1) is 16.2. The van der Waals surface area contributed by atoms with Crippen molar-refractivity contribution in [2.75, 3.05) is 6.61 Å². The molecule has 0 aliphatic rings. The van der Waals surface area contributed by atoms with E-state index in [0.29, 0.717) is 15.8 Å². The predicted octanol–water partition coefficient (Wildman–Crippen LogP) is 3.73. The minimum atomic E-state index is -0.761. The van der Waals surface area contributed by atoms with Gasteiger partial charge in [-0.25, -0.2) is 9.78 Å². The number of hydrogen-bond acceptors (Lipinski definition) is 7. The number of ether oxygens (including phenoxy) is 1. The Hall–Kier alpha value is -2.67. The summed E-state index contributed by atoms with van der Waals surface area (Å²) in [4.78, 5) is 15.9. The van der Waals surface area contributed by atoms with Gasteiger partial charge in [-0.3, -0.25) is 0 Å². The van der Waals surface area contributed by atoms with E-state index in [2.05, 4.69) is 9.36 Å². The lowest BCUT2D eigenvalue weighted by Gasteiger charge is -2.07. The van der Waals surface area contributed by atoms with Crippen molar-refractivity contribution in [1.29, 1.82) is 0 Å². The van der Waals surface area contributed by atoms with E-state index in [9.17, 15) is 15.0 Å². The van der Waals surface area contributed by atoms with Crippen LogP contribution < -0.4 is 0 Å². The maximum Gasteiger partial charge on any atom is 0.360 e. The number of unbranched alkanes of at least 4 members (excludes halogenated alkanes) is 1. The smallest absolute Gasteiger partial charge is 0.360 e. The number of hydrogen-bond donors (Lipinski definition) is 2. The molecule has 0 aliphatic carbocycles. The molecule has 0 aliphatic heterocycles. The molecule has 2 N–H and O–H groups in total. The largest absolute Gasteiger partial charge is 0.505 e. The summed E-state index contributed by atoms with van der Waals surface area (Å²) in [5, 5.41) is 20.9. The highest BCUT2D eigenvalue weighted by Crippen LogP contribution is 2.41. The van der Waals surface area contributed by atoms with Gasteiger partial charge in [0, 0.05) is 5.56 Å². The molecule has 0 radical (unpaired) electrons. The van der Waals surface area contributed by atoms with Crippen LogP contribution in [-0.4, -0.2) is 32.1 Å². The van der Waals surface area contributed by atoms with Crippen LogP contribution in [0.2, 0.25) is 0 Å². The van der Waals surface area contributed by atoms with Crippen LogP contribution in [-0.2, 0) is 4.74 Å². The molecule has 0 unspecified atom stereocenters. The Morgan fingerprint density at radius 3 is 2.71 bits per heavy atom. The molecule has 1 aromatic carbocycles. The number of rotatable bonds is 5.